The highest BCUT2D eigenvalue weighted by molar-refractivity contribution is 7.92. The maximum absolute atomic E-state index is 14.0. The number of benzene rings is 2. The summed E-state index contributed by atoms with van der Waals surface area (Å²) in [5.41, 5.74) is 1.78. The molecule has 0 amide bonds. The van der Waals surface area contributed by atoms with Gasteiger partial charge in [0.1, 0.15) is 10.7 Å². The molecule has 2 aromatic rings. The number of aryl methyl sites for hydroxylation is 1. The van der Waals surface area contributed by atoms with Crippen LogP contribution in [0.15, 0.2) is 47.4 Å². The van der Waals surface area contributed by atoms with E-state index in [2.05, 4.69) is 0 Å². The van der Waals surface area contributed by atoms with E-state index in [9.17, 15) is 12.8 Å². The minimum atomic E-state index is -3.98. The summed E-state index contributed by atoms with van der Waals surface area (Å²) >= 11 is 0. The zero-order chi connectivity index (χ0) is 15.6. The van der Waals surface area contributed by atoms with Gasteiger partial charge < -0.3 is 5.11 Å². The summed E-state index contributed by atoms with van der Waals surface area (Å²) in [6, 6.07) is 10.5. The predicted octanol–water partition coefficient (Wildman–Crippen LogP) is 2.45. The lowest BCUT2D eigenvalue weighted by molar-refractivity contribution is 0.281. The number of anilines is 1. The Morgan fingerprint density at radius 1 is 1.14 bits per heavy atom. The third-order valence-corrected chi connectivity index (χ3v) is 5.03. The SMILES string of the molecule is Cc1ccc(N(C)S(=O)(=O)c2ccc(CO)cc2F)cc1. The van der Waals surface area contributed by atoms with Gasteiger partial charge in [0.15, 0.2) is 0 Å². The van der Waals surface area contributed by atoms with E-state index in [1.54, 1.807) is 24.3 Å². The molecule has 112 valence electrons. The molecule has 1 N–H and O–H groups in total. The van der Waals surface area contributed by atoms with Gasteiger partial charge in [-0.3, -0.25) is 4.31 Å². The van der Waals surface area contributed by atoms with Gasteiger partial charge >= 0.3 is 0 Å². The molecule has 0 aliphatic carbocycles. The van der Waals surface area contributed by atoms with Gasteiger partial charge in [0.25, 0.3) is 10.0 Å². The first-order valence-corrected chi connectivity index (χ1v) is 7.75. The Morgan fingerprint density at radius 3 is 2.29 bits per heavy atom. The van der Waals surface area contributed by atoms with Crippen LogP contribution in [0.4, 0.5) is 10.1 Å². The van der Waals surface area contributed by atoms with Crippen LogP contribution in [-0.2, 0) is 16.6 Å². The molecule has 0 bridgehead atoms. The van der Waals surface area contributed by atoms with Gasteiger partial charge in [-0.2, -0.15) is 0 Å². The Balaban J connectivity index is 2.44. The van der Waals surface area contributed by atoms with Crippen molar-refractivity contribution in [3.63, 3.8) is 0 Å². The minimum absolute atomic E-state index is 0.324. The summed E-state index contributed by atoms with van der Waals surface area (Å²) in [7, 11) is -2.61. The molecular formula is C15H16FNO3S. The van der Waals surface area contributed by atoms with Gasteiger partial charge in [0.2, 0.25) is 0 Å². The number of aliphatic hydroxyl groups is 1. The molecule has 6 heteroatoms. The van der Waals surface area contributed by atoms with Crippen LogP contribution in [0.3, 0.4) is 0 Å². The average Bonchev–Trinajstić information content (AvgIpc) is 2.46. The van der Waals surface area contributed by atoms with Gasteiger partial charge in [0, 0.05) is 7.05 Å². The quantitative estimate of drug-likeness (QED) is 0.944. The summed E-state index contributed by atoms with van der Waals surface area (Å²) in [6.07, 6.45) is 0. The van der Waals surface area contributed by atoms with Crippen molar-refractivity contribution in [2.45, 2.75) is 18.4 Å². The van der Waals surface area contributed by atoms with E-state index in [1.807, 2.05) is 6.92 Å². The first-order chi connectivity index (χ1) is 9.86. The molecule has 0 heterocycles. The molecule has 0 saturated heterocycles. The van der Waals surface area contributed by atoms with E-state index in [0.29, 0.717) is 11.3 Å². The lowest BCUT2D eigenvalue weighted by Gasteiger charge is -2.20. The average molecular weight is 309 g/mol. The zero-order valence-electron chi connectivity index (χ0n) is 11.7. The second-order valence-corrected chi connectivity index (χ2v) is 6.67. The number of nitrogens with zero attached hydrogens (tertiary/aromatic N) is 1. The number of sulfonamides is 1. The molecule has 0 aliphatic rings. The fourth-order valence-corrected chi connectivity index (χ4v) is 3.13. The Kier molecular flexibility index (Phi) is 4.29. The Morgan fingerprint density at radius 2 is 1.76 bits per heavy atom. The molecule has 2 rings (SSSR count). The molecule has 21 heavy (non-hydrogen) atoms. The van der Waals surface area contributed by atoms with Crippen molar-refractivity contribution in [3.05, 3.63) is 59.4 Å². The third-order valence-electron chi connectivity index (χ3n) is 3.21. The smallest absolute Gasteiger partial charge is 0.266 e. The van der Waals surface area contributed by atoms with E-state index in [4.69, 9.17) is 5.11 Å². The van der Waals surface area contributed by atoms with Crippen molar-refractivity contribution in [1.29, 1.82) is 0 Å². The lowest BCUT2D eigenvalue weighted by atomic mass is 10.2. The molecule has 2 aromatic carbocycles. The van der Waals surface area contributed by atoms with Crippen LogP contribution in [0.1, 0.15) is 11.1 Å². The Labute approximate surface area is 123 Å². The first kappa shape index (κ1) is 15.5. The Bertz CT molecular complexity index is 742. The van der Waals surface area contributed by atoms with Crippen LogP contribution >= 0.6 is 0 Å². The highest BCUT2D eigenvalue weighted by Crippen LogP contribution is 2.24. The molecule has 0 saturated carbocycles. The fraction of sp³-hybridized carbons (Fsp3) is 0.200. The summed E-state index contributed by atoms with van der Waals surface area (Å²) in [6.45, 7) is 1.55. The van der Waals surface area contributed by atoms with E-state index in [0.717, 1.165) is 15.9 Å². The zero-order valence-corrected chi connectivity index (χ0v) is 12.6. The van der Waals surface area contributed by atoms with Crippen molar-refractivity contribution in [1.82, 2.24) is 0 Å². The summed E-state index contributed by atoms with van der Waals surface area (Å²) < 4.78 is 39.9. The first-order valence-electron chi connectivity index (χ1n) is 6.31. The van der Waals surface area contributed by atoms with Crippen LogP contribution < -0.4 is 4.31 Å². The van der Waals surface area contributed by atoms with Crippen molar-refractivity contribution < 1.29 is 17.9 Å². The minimum Gasteiger partial charge on any atom is -0.392 e. The largest absolute Gasteiger partial charge is 0.392 e. The van der Waals surface area contributed by atoms with Crippen molar-refractivity contribution >= 4 is 15.7 Å². The molecule has 0 spiro atoms. The monoisotopic (exact) mass is 309 g/mol. The third kappa shape index (κ3) is 3.06. The van der Waals surface area contributed by atoms with E-state index in [1.165, 1.54) is 19.2 Å². The highest BCUT2D eigenvalue weighted by atomic mass is 32.2. The summed E-state index contributed by atoms with van der Waals surface area (Å²) in [4.78, 5) is -0.414. The number of hydrogen-bond donors (Lipinski definition) is 1. The molecule has 0 fully saturated rings. The normalized spacial score (nSPS) is 11.4. The van der Waals surface area contributed by atoms with E-state index in [-0.39, 0.29) is 6.61 Å². The van der Waals surface area contributed by atoms with Gasteiger partial charge in [-0.25, -0.2) is 12.8 Å². The second kappa shape index (κ2) is 5.83. The van der Waals surface area contributed by atoms with Gasteiger partial charge in [-0.05, 0) is 36.8 Å². The topological polar surface area (TPSA) is 57.6 Å². The van der Waals surface area contributed by atoms with Crippen LogP contribution in [0, 0.1) is 12.7 Å². The van der Waals surface area contributed by atoms with Gasteiger partial charge in [0.05, 0.1) is 12.3 Å². The molecule has 4 nitrogen and oxygen atoms in total. The fourth-order valence-electron chi connectivity index (χ4n) is 1.89. The lowest BCUT2D eigenvalue weighted by Crippen LogP contribution is -2.27. The molecular weight excluding hydrogens is 293 g/mol. The van der Waals surface area contributed by atoms with Crippen molar-refractivity contribution in [2.24, 2.45) is 0 Å². The predicted molar refractivity (Wildman–Crippen MR) is 79.1 cm³/mol. The van der Waals surface area contributed by atoms with Crippen molar-refractivity contribution in [2.75, 3.05) is 11.4 Å². The van der Waals surface area contributed by atoms with Crippen LogP contribution in [0.5, 0.6) is 0 Å². The number of aliphatic hydroxyl groups excluding tert-OH is 1. The van der Waals surface area contributed by atoms with Crippen molar-refractivity contribution in [3.8, 4) is 0 Å². The Hall–Kier alpha value is -1.92. The van der Waals surface area contributed by atoms with Crippen LogP contribution in [-0.4, -0.2) is 20.6 Å². The standard InChI is InChI=1S/C15H16FNO3S/c1-11-3-6-13(7-4-11)17(2)21(19,20)15-8-5-12(10-18)9-14(15)16/h3-9,18H,10H2,1-2H3. The summed E-state index contributed by atoms with van der Waals surface area (Å²) in [5.74, 6) is -0.875. The number of hydrogen-bond acceptors (Lipinski definition) is 3. The molecule has 0 aliphatic heterocycles. The highest BCUT2D eigenvalue weighted by Gasteiger charge is 2.25. The molecule has 0 unspecified atom stereocenters. The number of rotatable bonds is 4. The molecule has 0 radical (unpaired) electrons. The maximum Gasteiger partial charge on any atom is 0.266 e. The number of halogens is 1. The van der Waals surface area contributed by atoms with E-state index < -0.39 is 20.7 Å². The molecule has 0 atom stereocenters. The van der Waals surface area contributed by atoms with E-state index >= 15 is 0 Å². The molecule has 0 aromatic heterocycles. The van der Waals surface area contributed by atoms with Gasteiger partial charge in [-0.1, -0.05) is 23.8 Å². The second-order valence-electron chi connectivity index (χ2n) is 4.73. The van der Waals surface area contributed by atoms with Gasteiger partial charge in [-0.15, -0.1) is 0 Å². The maximum atomic E-state index is 14.0. The van der Waals surface area contributed by atoms with Crippen LogP contribution in [0.25, 0.3) is 0 Å². The van der Waals surface area contributed by atoms with Crippen LogP contribution in [0.2, 0.25) is 0 Å². The summed E-state index contributed by atoms with van der Waals surface area (Å²) in [5, 5.41) is 8.94.